The number of carbonyl (C=O) groups excluding carboxylic acids is 4. The second kappa shape index (κ2) is 7.71. The molecule has 0 aromatic rings. The van der Waals surface area contributed by atoms with E-state index >= 15 is 0 Å². The van der Waals surface area contributed by atoms with Crippen LogP contribution < -0.4 is 16.0 Å². The molecule has 0 aromatic heterocycles. The van der Waals surface area contributed by atoms with Gasteiger partial charge < -0.3 is 20.7 Å². The van der Waals surface area contributed by atoms with E-state index in [4.69, 9.17) is 0 Å². The molecule has 0 fully saturated rings. The Labute approximate surface area is 80.2 Å². The molecule has 7 nitrogen and oxygen atoms in total. The summed E-state index contributed by atoms with van der Waals surface area (Å²) in [6.45, 7) is -0.473. The normalized spacial score (nSPS) is 8.57. The van der Waals surface area contributed by atoms with E-state index in [1.54, 1.807) is 0 Å². The van der Waals surface area contributed by atoms with Crippen molar-refractivity contribution in [2.75, 3.05) is 19.6 Å². The van der Waals surface area contributed by atoms with E-state index in [1.807, 2.05) is 0 Å². The van der Waals surface area contributed by atoms with Crippen LogP contribution in [0.3, 0.4) is 0 Å². The van der Waals surface area contributed by atoms with Crippen LogP contribution in [0.15, 0.2) is 0 Å². The summed E-state index contributed by atoms with van der Waals surface area (Å²) in [4.78, 5) is 41.2. The summed E-state index contributed by atoms with van der Waals surface area (Å²) in [6, 6.07) is 0. The largest absolute Gasteiger partial charge is 0.350 e. The molecule has 0 rings (SSSR count). The highest BCUT2D eigenvalue weighted by atomic mass is 16.2. The molecule has 0 bridgehead atoms. The molecule has 0 saturated heterocycles. The highest BCUT2D eigenvalue weighted by Gasteiger charge is 2.03. The van der Waals surface area contributed by atoms with E-state index in [2.05, 4.69) is 16.0 Å². The van der Waals surface area contributed by atoms with E-state index < -0.39 is 11.8 Å². The summed E-state index contributed by atoms with van der Waals surface area (Å²) < 4.78 is 0. The number of aldehydes is 1. The maximum absolute atomic E-state index is 10.8. The van der Waals surface area contributed by atoms with Crippen molar-refractivity contribution in [2.45, 2.75) is 0 Å². The highest BCUT2D eigenvalue weighted by molar-refractivity contribution is 5.86. The van der Waals surface area contributed by atoms with Crippen molar-refractivity contribution in [1.82, 2.24) is 16.0 Å². The van der Waals surface area contributed by atoms with Crippen LogP contribution in [-0.4, -0.2) is 44.1 Å². The molecule has 0 unspecified atom stereocenters. The second-order valence-electron chi connectivity index (χ2n) is 2.25. The molecule has 0 saturated carbocycles. The number of hydrogen-bond donors (Lipinski definition) is 3. The Morgan fingerprint density at radius 2 is 1.64 bits per heavy atom. The second-order valence-corrected chi connectivity index (χ2v) is 2.25. The lowest BCUT2D eigenvalue weighted by Crippen LogP contribution is -2.40. The first-order valence-electron chi connectivity index (χ1n) is 3.84. The Bertz CT molecular complexity index is 205. The number of carbonyl (C=O) groups is 4. The van der Waals surface area contributed by atoms with Crippen LogP contribution in [0.1, 0.15) is 0 Å². The lowest BCUT2D eigenvalue weighted by molar-refractivity contribution is -0.126. The Hall–Kier alpha value is -1.92. The Kier molecular flexibility index (Phi) is 6.66. The molecule has 0 heterocycles. The van der Waals surface area contributed by atoms with Gasteiger partial charge in [-0.15, -0.1) is 0 Å². The van der Waals surface area contributed by atoms with Gasteiger partial charge in [0.2, 0.25) is 18.2 Å². The molecule has 14 heavy (non-hydrogen) atoms. The van der Waals surface area contributed by atoms with Gasteiger partial charge >= 0.3 is 0 Å². The van der Waals surface area contributed by atoms with Gasteiger partial charge in [-0.05, 0) is 0 Å². The number of rotatable bonds is 7. The van der Waals surface area contributed by atoms with E-state index in [1.165, 1.54) is 0 Å². The molecule has 3 amide bonds. The van der Waals surface area contributed by atoms with E-state index in [-0.39, 0.29) is 19.6 Å². The summed E-state index contributed by atoms with van der Waals surface area (Å²) in [6.07, 6.45) is 0.916. The van der Waals surface area contributed by atoms with Crippen LogP contribution in [0.2, 0.25) is 0 Å². The summed E-state index contributed by atoms with van der Waals surface area (Å²) >= 11 is 0. The number of amides is 3. The average Bonchev–Trinajstić information content (AvgIpc) is 2.20. The van der Waals surface area contributed by atoms with Crippen LogP contribution in [0.4, 0.5) is 0 Å². The van der Waals surface area contributed by atoms with E-state index in [0.29, 0.717) is 12.7 Å². The van der Waals surface area contributed by atoms with Gasteiger partial charge in [-0.3, -0.25) is 14.4 Å². The van der Waals surface area contributed by atoms with Gasteiger partial charge in [0.15, 0.2) is 0 Å². The lowest BCUT2D eigenvalue weighted by atomic mass is 10.5. The Morgan fingerprint density at radius 1 is 1.00 bits per heavy atom. The Morgan fingerprint density at radius 3 is 2.21 bits per heavy atom. The van der Waals surface area contributed by atoms with E-state index in [0.717, 1.165) is 0 Å². The van der Waals surface area contributed by atoms with Gasteiger partial charge in [-0.1, -0.05) is 0 Å². The fourth-order valence-electron chi connectivity index (χ4n) is 0.594. The maximum atomic E-state index is 10.8. The molecule has 0 aliphatic carbocycles. The van der Waals surface area contributed by atoms with Crippen molar-refractivity contribution in [3.63, 3.8) is 0 Å². The topological polar surface area (TPSA) is 104 Å². The zero-order valence-corrected chi connectivity index (χ0v) is 7.41. The first-order chi connectivity index (χ1) is 6.70. The maximum Gasteiger partial charge on any atom is 0.239 e. The third kappa shape index (κ3) is 6.77. The molecular formula is C7H11N3O4. The fraction of sp³-hybridized carbons (Fsp3) is 0.429. The van der Waals surface area contributed by atoms with Crippen LogP contribution >= 0.6 is 0 Å². The minimum absolute atomic E-state index is 0.0821. The highest BCUT2D eigenvalue weighted by Crippen LogP contribution is 1.65. The minimum atomic E-state index is -0.474. The van der Waals surface area contributed by atoms with Crippen LogP contribution in [-0.2, 0) is 19.2 Å². The molecule has 0 spiro atoms. The van der Waals surface area contributed by atoms with Crippen molar-refractivity contribution >= 4 is 24.5 Å². The molecule has 78 valence electrons. The molecule has 0 atom stereocenters. The van der Waals surface area contributed by atoms with E-state index in [9.17, 15) is 19.2 Å². The summed E-state index contributed by atoms with van der Waals surface area (Å²) in [5.41, 5.74) is 0. The first-order valence-corrected chi connectivity index (χ1v) is 3.84. The van der Waals surface area contributed by atoms with Crippen molar-refractivity contribution in [1.29, 1.82) is 0 Å². The van der Waals surface area contributed by atoms with Gasteiger partial charge in [0, 0.05) is 0 Å². The molecule has 0 aliphatic rings. The smallest absolute Gasteiger partial charge is 0.239 e. The predicted molar refractivity (Wildman–Crippen MR) is 46.2 cm³/mol. The van der Waals surface area contributed by atoms with Gasteiger partial charge in [-0.2, -0.15) is 0 Å². The summed E-state index contributed by atoms with van der Waals surface area (Å²) in [5, 5.41) is 6.60. The number of nitrogens with one attached hydrogen (secondary N) is 3. The van der Waals surface area contributed by atoms with Gasteiger partial charge in [-0.25, -0.2) is 0 Å². The molecular weight excluding hydrogens is 190 g/mol. The summed E-state index contributed by atoms with van der Waals surface area (Å²) in [7, 11) is 0. The zero-order valence-electron chi connectivity index (χ0n) is 7.41. The Balaban J connectivity index is 3.50. The molecule has 3 N–H and O–H groups in total. The lowest BCUT2D eigenvalue weighted by Gasteiger charge is -2.03. The van der Waals surface area contributed by atoms with Crippen molar-refractivity contribution in [2.24, 2.45) is 0 Å². The van der Waals surface area contributed by atoms with Gasteiger partial charge in [0.25, 0.3) is 0 Å². The standard InChI is InChI=1S/C7H11N3O4/c11-2-1-9-7(14)4-10-6(13)3-8-5-12/h2,5H,1,3-4H2,(H,8,12)(H,9,14)(H,10,13). The van der Waals surface area contributed by atoms with Gasteiger partial charge in [0.05, 0.1) is 19.6 Å². The third-order valence-corrected chi connectivity index (χ3v) is 1.17. The van der Waals surface area contributed by atoms with Crippen molar-refractivity contribution in [3.05, 3.63) is 0 Å². The van der Waals surface area contributed by atoms with Crippen LogP contribution in [0, 0.1) is 0 Å². The molecule has 0 radical (unpaired) electrons. The van der Waals surface area contributed by atoms with Gasteiger partial charge in [0.1, 0.15) is 6.29 Å². The molecule has 0 aromatic carbocycles. The van der Waals surface area contributed by atoms with Crippen molar-refractivity contribution in [3.8, 4) is 0 Å². The quantitative estimate of drug-likeness (QED) is 0.386. The third-order valence-electron chi connectivity index (χ3n) is 1.17. The molecule has 0 aliphatic heterocycles. The van der Waals surface area contributed by atoms with Crippen LogP contribution in [0.25, 0.3) is 0 Å². The zero-order chi connectivity index (χ0) is 10.8. The first kappa shape index (κ1) is 12.1. The minimum Gasteiger partial charge on any atom is -0.350 e. The monoisotopic (exact) mass is 201 g/mol. The molecule has 7 heteroatoms. The number of hydrogen-bond acceptors (Lipinski definition) is 4. The predicted octanol–water partition coefficient (Wildman–Crippen LogP) is -2.84. The van der Waals surface area contributed by atoms with Crippen LogP contribution in [0.5, 0.6) is 0 Å². The summed E-state index contributed by atoms with van der Waals surface area (Å²) in [5.74, 6) is -0.935. The van der Waals surface area contributed by atoms with Crippen molar-refractivity contribution < 1.29 is 19.2 Å². The average molecular weight is 201 g/mol. The SMILES string of the molecule is O=CCNC(=O)CNC(=O)CNC=O. The fourth-order valence-corrected chi connectivity index (χ4v) is 0.594.